The van der Waals surface area contributed by atoms with Crippen molar-refractivity contribution in [3.8, 4) is 0 Å². The Morgan fingerprint density at radius 3 is 2.88 bits per heavy atom. The Morgan fingerprint density at radius 2 is 2.29 bits per heavy atom. The molecule has 0 spiro atoms. The molecule has 3 atom stereocenters. The van der Waals surface area contributed by atoms with Gasteiger partial charge in [0.25, 0.3) is 0 Å². The first kappa shape index (κ1) is 11.2. The highest BCUT2D eigenvalue weighted by Crippen LogP contribution is 2.62. The second kappa shape index (κ2) is 3.55. The van der Waals surface area contributed by atoms with Gasteiger partial charge in [-0.15, -0.1) is 0 Å². The molecule has 0 radical (unpaired) electrons. The molecule has 3 unspecified atom stereocenters. The van der Waals surface area contributed by atoms with Crippen LogP contribution in [0.25, 0.3) is 0 Å². The first-order valence-corrected chi connectivity index (χ1v) is 6.60. The van der Waals surface area contributed by atoms with Crippen molar-refractivity contribution in [2.45, 2.75) is 52.6 Å². The summed E-state index contributed by atoms with van der Waals surface area (Å²) in [4.78, 5) is 4.18. The third-order valence-electron chi connectivity index (χ3n) is 5.21. The molecule has 1 aromatic rings. The summed E-state index contributed by atoms with van der Waals surface area (Å²) in [5.41, 5.74) is 0.890. The minimum Gasteiger partial charge on any atom is -0.306 e. The van der Waals surface area contributed by atoms with Crippen LogP contribution in [0.5, 0.6) is 0 Å². The van der Waals surface area contributed by atoms with Gasteiger partial charge < -0.3 is 5.32 Å². The van der Waals surface area contributed by atoms with E-state index in [-0.39, 0.29) is 0 Å². The Labute approximate surface area is 103 Å². The lowest BCUT2D eigenvalue weighted by Crippen LogP contribution is -2.50. The molecule has 0 aliphatic heterocycles. The van der Waals surface area contributed by atoms with Gasteiger partial charge in [-0.25, -0.2) is 4.98 Å². The molecule has 0 amide bonds. The molecule has 2 bridgehead atoms. The van der Waals surface area contributed by atoms with Gasteiger partial charge in [0.05, 0.1) is 6.54 Å². The molecular formula is C13H22N4. The third kappa shape index (κ3) is 1.61. The Kier molecular flexibility index (Phi) is 2.34. The molecule has 2 saturated carbocycles. The fraction of sp³-hybridized carbons (Fsp3) is 0.846. The summed E-state index contributed by atoms with van der Waals surface area (Å²) in [6.45, 7) is 8.08. The molecule has 2 aliphatic rings. The van der Waals surface area contributed by atoms with Gasteiger partial charge in [0.15, 0.2) is 0 Å². The summed E-state index contributed by atoms with van der Waals surface area (Å²) >= 11 is 0. The maximum Gasteiger partial charge on any atom is 0.138 e. The fourth-order valence-electron chi connectivity index (χ4n) is 4.33. The summed E-state index contributed by atoms with van der Waals surface area (Å²) < 4.78 is 0. The number of aromatic nitrogens is 3. The lowest BCUT2D eigenvalue weighted by Gasteiger charge is -2.43. The highest BCUT2D eigenvalue weighted by molar-refractivity contribution is 5.12. The van der Waals surface area contributed by atoms with E-state index in [4.69, 9.17) is 0 Å². The van der Waals surface area contributed by atoms with Crippen LogP contribution in [0.1, 0.15) is 45.9 Å². The highest BCUT2D eigenvalue weighted by Gasteiger charge is 2.58. The topological polar surface area (TPSA) is 53.6 Å². The second-order valence-electron chi connectivity index (χ2n) is 6.66. The molecule has 4 heteroatoms. The van der Waals surface area contributed by atoms with Crippen molar-refractivity contribution in [1.82, 2.24) is 20.5 Å². The zero-order valence-corrected chi connectivity index (χ0v) is 11.0. The van der Waals surface area contributed by atoms with Gasteiger partial charge >= 0.3 is 0 Å². The molecule has 2 fully saturated rings. The van der Waals surface area contributed by atoms with Crippen molar-refractivity contribution < 1.29 is 0 Å². The first-order valence-electron chi connectivity index (χ1n) is 6.60. The maximum atomic E-state index is 4.18. The molecule has 0 saturated heterocycles. The van der Waals surface area contributed by atoms with Gasteiger partial charge in [-0.1, -0.05) is 20.8 Å². The monoisotopic (exact) mass is 234 g/mol. The van der Waals surface area contributed by atoms with Crippen LogP contribution in [0.2, 0.25) is 0 Å². The van der Waals surface area contributed by atoms with Crippen LogP contribution in [0, 0.1) is 16.7 Å². The van der Waals surface area contributed by atoms with Crippen molar-refractivity contribution in [1.29, 1.82) is 0 Å². The molecule has 17 heavy (non-hydrogen) atoms. The van der Waals surface area contributed by atoms with Crippen LogP contribution >= 0.6 is 0 Å². The number of hydrogen-bond acceptors (Lipinski definition) is 3. The fourth-order valence-corrected chi connectivity index (χ4v) is 4.33. The predicted octanol–water partition coefficient (Wildman–Crippen LogP) is 2.11. The largest absolute Gasteiger partial charge is 0.306 e. The zero-order chi connectivity index (χ0) is 12.1. The van der Waals surface area contributed by atoms with Crippen LogP contribution < -0.4 is 5.32 Å². The van der Waals surface area contributed by atoms with Gasteiger partial charge in [-0.05, 0) is 36.0 Å². The number of nitrogens with one attached hydrogen (secondary N) is 2. The van der Waals surface area contributed by atoms with Crippen molar-refractivity contribution in [3.63, 3.8) is 0 Å². The van der Waals surface area contributed by atoms with Gasteiger partial charge in [-0.3, -0.25) is 5.10 Å². The van der Waals surface area contributed by atoms with Gasteiger partial charge in [0.1, 0.15) is 12.2 Å². The molecule has 1 heterocycles. The average Bonchev–Trinajstić information content (AvgIpc) is 2.90. The smallest absolute Gasteiger partial charge is 0.138 e. The predicted molar refractivity (Wildman–Crippen MR) is 66.2 cm³/mol. The average molecular weight is 234 g/mol. The third-order valence-corrected chi connectivity index (χ3v) is 5.21. The van der Waals surface area contributed by atoms with Crippen LogP contribution in [0.4, 0.5) is 0 Å². The highest BCUT2D eigenvalue weighted by atomic mass is 15.2. The van der Waals surface area contributed by atoms with Crippen molar-refractivity contribution >= 4 is 0 Å². The molecule has 1 aromatic heterocycles. The van der Waals surface area contributed by atoms with E-state index in [0.29, 0.717) is 16.9 Å². The molecule has 2 aliphatic carbocycles. The number of aromatic amines is 1. The van der Waals surface area contributed by atoms with Crippen LogP contribution in [0.3, 0.4) is 0 Å². The summed E-state index contributed by atoms with van der Waals surface area (Å²) in [6, 6.07) is 0.596. The van der Waals surface area contributed by atoms with E-state index < -0.39 is 0 Å². The Balaban J connectivity index is 1.74. The molecule has 0 aromatic carbocycles. The Bertz CT molecular complexity index is 393. The SMILES string of the molecule is CC12CCC(C1)C(C)(C)C2NCc1ncn[nH]1. The Morgan fingerprint density at radius 1 is 1.47 bits per heavy atom. The molecule has 94 valence electrons. The van der Waals surface area contributed by atoms with E-state index in [1.807, 2.05) is 0 Å². The molecular weight excluding hydrogens is 212 g/mol. The van der Waals surface area contributed by atoms with Gasteiger partial charge in [0, 0.05) is 6.04 Å². The number of rotatable bonds is 3. The van der Waals surface area contributed by atoms with E-state index in [9.17, 15) is 0 Å². The normalized spacial score (nSPS) is 38.8. The molecule has 3 rings (SSSR count). The van der Waals surface area contributed by atoms with Crippen LogP contribution in [0.15, 0.2) is 6.33 Å². The summed E-state index contributed by atoms with van der Waals surface area (Å²) in [7, 11) is 0. The van der Waals surface area contributed by atoms with Crippen molar-refractivity contribution in [3.05, 3.63) is 12.2 Å². The number of H-pyrrole nitrogens is 1. The van der Waals surface area contributed by atoms with Crippen molar-refractivity contribution in [2.24, 2.45) is 16.7 Å². The number of fused-ring (bicyclic) bond motifs is 2. The lowest BCUT2D eigenvalue weighted by atomic mass is 9.68. The first-order chi connectivity index (χ1) is 8.02. The quantitative estimate of drug-likeness (QED) is 0.842. The number of nitrogens with zero attached hydrogens (tertiary/aromatic N) is 2. The number of hydrogen-bond donors (Lipinski definition) is 2. The van der Waals surface area contributed by atoms with E-state index in [2.05, 4.69) is 41.3 Å². The lowest BCUT2D eigenvalue weighted by molar-refractivity contribution is 0.107. The van der Waals surface area contributed by atoms with E-state index in [1.54, 1.807) is 6.33 Å². The van der Waals surface area contributed by atoms with E-state index in [1.165, 1.54) is 19.3 Å². The minimum absolute atomic E-state index is 0.410. The van der Waals surface area contributed by atoms with Crippen LogP contribution in [-0.4, -0.2) is 21.2 Å². The Hall–Kier alpha value is -0.900. The summed E-state index contributed by atoms with van der Waals surface area (Å²) in [5, 5.41) is 10.5. The maximum absolute atomic E-state index is 4.18. The summed E-state index contributed by atoms with van der Waals surface area (Å²) in [6.07, 6.45) is 5.73. The second-order valence-corrected chi connectivity index (χ2v) is 6.66. The minimum atomic E-state index is 0.410. The van der Waals surface area contributed by atoms with Gasteiger partial charge in [0.2, 0.25) is 0 Å². The molecule has 4 nitrogen and oxygen atoms in total. The zero-order valence-electron chi connectivity index (χ0n) is 11.0. The standard InChI is InChI=1S/C13H22N4/c1-12(2)9-4-5-13(3,6-9)11(12)14-7-10-15-8-16-17-10/h8-9,11,14H,4-7H2,1-3H3,(H,15,16,17). The summed E-state index contributed by atoms with van der Waals surface area (Å²) in [5.74, 6) is 1.83. The van der Waals surface area contributed by atoms with E-state index in [0.717, 1.165) is 18.3 Å². The van der Waals surface area contributed by atoms with Crippen LogP contribution in [-0.2, 0) is 6.54 Å². The molecule has 2 N–H and O–H groups in total. The van der Waals surface area contributed by atoms with Crippen molar-refractivity contribution in [2.75, 3.05) is 0 Å². The van der Waals surface area contributed by atoms with E-state index >= 15 is 0 Å². The van der Waals surface area contributed by atoms with Gasteiger partial charge in [-0.2, -0.15) is 5.10 Å².